The monoisotopic (exact) mass is 308 g/mol. The van der Waals surface area contributed by atoms with E-state index in [1.807, 2.05) is 9.80 Å². The third-order valence-corrected chi connectivity index (χ3v) is 4.75. The molecule has 0 aromatic heterocycles. The molecule has 0 saturated carbocycles. The Bertz CT molecular complexity index is 456. The number of urea groups is 1. The van der Waals surface area contributed by atoms with Gasteiger partial charge in [0.15, 0.2) is 0 Å². The molecule has 0 aliphatic carbocycles. The van der Waals surface area contributed by atoms with Crippen LogP contribution in [0.5, 0.6) is 0 Å². The maximum atomic E-state index is 12.3. The summed E-state index contributed by atoms with van der Waals surface area (Å²) in [6, 6.07) is -0.0311. The minimum absolute atomic E-state index is 0.0311. The Morgan fingerprint density at radius 2 is 1.36 bits per heavy atom. The van der Waals surface area contributed by atoms with Crippen molar-refractivity contribution < 1.29 is 14.4 Å². The van der Waals surface area contributed by atoms with Crippen LogP contribution in [0.1, 0.15) is 25.7 Å². The second kappa shape index (κ2) is 6.54. The van der Waals surface area contributed by atoms with Crippen LogP contribution in [0.2, 0.25) is 0 Å². The summed E-state index contributed by atoms with van der Waals surface area (Å²) < 4.78 is 0. The van der Waals surface area contributed by atoms with Crippen LogP contribution in [0.25, 0.3) is 0 Å². The fraction of sp³-hybridized carbons (Fsp3) is 0.800. The average Bonchev–Trinajstić information content (AvgIpc) is 3.21. The first-order chi connectivity index (χ1) is 10.6. The molecule has 3 saturated heterocycles. The van der Waals surface area contributed by atoms with Crippen molar-refractivity contribution >= 4 is 17.8 Å². The first kappa shape index (κ1) is 15.1. The van der Waals surface area contributed by atoms with E-state index in [-0.39, 0.29) is 30.9 Å². The van der Waals surface area contributed by atoms with Crippen molar-refractivity contribution in [2.24, 2.45) is 0 Å². The Morgan fingerprint density at radius 3 is 1.95 bits per heavy atom. The molecule has 3 aliphatic heterocycles. The van der Waals surface area contributed by atoms with Crippen LogP contribution in [0.4, 0.5) is 4.79 Å². The molecule has 4 amide bonds. The van der Waals surface area contributed by atoms with E-state index in [1.165, 1.54) is 0 Å². The van der Waals surface area contributed by atoms with Crippen molar-refractivity contribution in [2.45, 2.75) is 25.7 Å². The second-order valence-corrected chi connectivity index (χ2v) is 6.30. The quantitative estimate of drug-likeness (QED) is 0.719. The molecule has 0 unspecified atom stereocenters. The molecule has 22 heavy (non-hydrogen) atoms. The molecule has 3 fully saturated rings. The first-order valence-corrected chi connectivity index (χ1v) is 8.24. The summed E-state index contributed by atoms with van der Waals surface area (Å²) in [6.45, 7) is 4.43. The van der Waals surface area contributed by atoms with Gasteiger partial charge in [-0.15, -0.1) is 0 Å². The molecule has 3 aliphatic rings. The zero-order chi connectivity index (χ0) is 15.5. The third-order valence-electron chi connectivity index (χ3n) is 4.75. The Kier molecular flexibility index (Phi) is 4.49. The van der Waals surface area contributed by atoms with E-state index in [9.17, 15) is 14.4 Å². The Balaban J connectivity index is 1.50. The summed E-state index contributed by atoms with van der Waals surface area (Å²) in [5.74, 6) is -0.0866. The molecule has 0 radical (unpaired) electrons. The number of rotatable bonds is 2. The van der Waals surface area contributed by atoms with Crippen LogP contribution in [0, 0.1) is 0 Å². The molecular formula is C15H24N4O3. The van der Waals surface area contributed by atoms with Gasteiger partial charge in [-0.1, -0.05) is 0 Å². The highest BCUT2D eigenvalue weighted by Crippen LogP contribution is 2.14. The predicted octanol–water partition coefficient (Wildman–Crippen LogP) is -0.0312. The second-order valence-electron chi connectivity index (χ2n) is 6.30. The molecular weight excluding hydrogens is 284 g/mol. The molecule has 3 rings (SSSR count). The predicted molar refractivity (Wildman–Crippen MR) is 80.2 cm³/mol. The van der Waals surface area contributed by atoms with E-state index in [0.29, 0.717) is 13.1 Å². The summed E-state index contributed by atoms with van der Waals surface area (Å²) in [5.41, 5.74) is 0. The van der Waals surface area contributed by atoms with Gasteiger partial charge in [0.2, 0.25) is 11.8 Å². The van der Waals surface area contributed by atoms with Crippen molar-refractivity contribution in [2.75, 3.05) is 52.4 Å². The van der Waals surface area contributed by atoms with E-state index in [1.54, 1.807) is 9.80 Å². The van der Waals surface area contributed by atoms with Gasteiger partial charge in [-0.2, -0.15) is 0 Å². The highest BCUT2D eigenvalue weighted by atomic mass is 16.2. The number of carbonyl (C=O) groups is 3. The third kappa shape index (κ3) is 3.18. The molecule has 0 bridgehead atoms. The molecule has 0 atom stereocenters. The standard InChI is InChI=1S/C15H24N4O3/c20-13(16-5-1-2-6-16)11-18-9-10-19(12-14(18)21)15(22)17-7-3-4-8-17/h1-12H2. The fourth-order valence-corrected chi connectivity index (χ4v) is 3.38. The summed E-state index contributed by atoms with van der Waals surface area (Å²) in [5, 5.41) is 0. The lowest BCUT2D eigenvalue weighted by Gasteiger charge is -2.36. The van der Waals surface area contributed by atoms with Gasteiger partial charge in [0.25, 0.3) is 0 Å². The molecule has 0 aromatic carbocycles. The van der Waals surface area contributed by atoms with Crippen LogP contribution in [-0.2, 0) is 9.59 Å². The lowest BCUT2D eigenvalue weighted by Crippen LogP contribution is -2.56. The van der Waals surface area contributed by atoms with Crippen LogP contribution in [0.3, 0.4) is 0 Å². The highest BCUT2D eigenvalue weighted by Gasteiger charge is 2.32. The molecule has 0 aromatic rings. The average molecular weight is 308 g/mol. The molecule has 0 spiro atoms. The largest absolute Gasteiger partial charge is 0.341 e. The van der Waals surface area contributed by atoms with Crippen molar-refractivity contribution in [3.8, 4) is 0 Å². The molecule has 3 heterocycles. The van der Waals surface area contributed by atoms with Crippen molar-refractivity contribution in [1.82, 2.24) is 19.6 Å². The van der Waals surface area contributed by atoms with E-state index < -0.39 is 0 Å². The summed E-state index contributed by atoms with van der Waals surface area (Å²) in [7, 11) is 0. The number of nitrogens with zero attached hydrogens (tertiary/aromatic N) is 4. The number of carbonyl (C=O) groups excluding carboxylic acids is 3. The minimum atomic E-state index is -0.119. The maximum Gasteiger partial charge on any atom is 0.320 e. The number of piperazine rings is 1. The molecule has 7 heteroatoms. The van der Waals surface area contributed by atoms with E-state index in [4.69, 9.17) is 0 Å². The van der Waals surface area contributed by atoms with Gasteiger partial charge in [-0.05, 0) is 25.7 Å². The Hall–Kier alpha value is -1.79. The molecule has 122 valence electrons. The number of likely N-dealkylation sites (tertiary alicyclic amines) is 2. The zero-order valence-corrected chi connectivity index (χ0v) is 13.0. The van der Waals surface area contributed by atoms with Gasteiger partial charge in [-0.3, -0.25) is 9.59 Å². The molecule has 0 N–H and O–H groups in total. The normalized spacial score (nSPS) is 22.6. The van der Waals surface area contributed by atoms with E-state index in [2.05, 4.69) is 0 Å². The van der Waals surface area contributed by atoms with Crippen molar-refractivity contribution in [1.29, 1.82) is 0 Å². The van der Waals surface area contributed by atoms with E-state index in [0.717, 1.165) is 51.9 Å². The number of hydrogen-bond acceptors (Lipinski definition) is 3. The van der Waals surface area contributed by atoms with Crippen LogP contribution >= 0.6 is 0 Å². The van der Waals surface area contributed by atoms with Gasteiger partial charge >= 0.3 is 6.03 Å². The van der Waals surface area contributed by atoms with Crippen LogP contribution in [0.15, 0.2) is 0 Å². The van der Waals surface area contributed by atoms with Gasteiger partial charge in [0.1, 0.15) is 6.54 Å². The lowest BCUT2D eigenvalue weighted by atomic mass is 10.3. The lowest BCUT2D eigenvalue weighted by molar-refractivity contribution is -0.142. The Labute approximate surface area is 130 Å². The van der Waals surface area contributed by atoms with Gasteiger partial charge in [0, 0.05) is 39.3 Å². The summed E-state index contributed by atoms with van der Waals surface area (Å²) in [4.78, 5) is 43.5. The smallest absolute Gasteiger partial charge is 0.320 e. The SMILES string of the molecule is O=C(CN1CCN(C(=O)N2CCCC2)CC1=O)N1CCCC1. The zero-order valence-electron chi connectivity index (χ0n) is 13.0. The number of hydrogen-bond donors (Lipinski definition) is 0. The minimum Gasteiger partial charge on any atom is -0.341 e. The van der Waals surface area contributed by atoms with Gasteiger partial charge in [-0.25, -0.2) is 4.79 Å². The first-order valence-electron chi connectivity index (χ1n) is 8.24. The van der Waals surface area contributed by atoms with Crippen molar-refractivity contribution in [3.63, 3.8) is 0 Å². The summed E-state index contributed by atoms with van der Waals surface area (Å²) >= 11 is 0. The Morgan fingerprint density at radius 1 is 0.773 bits per heavy atom. The van der Waals surface area contributed by atoms with Crippen molar-refractivity contribution in [3.05, 3.63) is 0 Å². The summed E-state index contributed by atoms with van der Waals surface area (Å²) in [6.07, 6.45) is 4.20. The molecule has 7 nitrogen and oxygen atoms in total. The van der Waals surface area contributed by atoms with Crippen LogP contribution in [-0.4, -0.2) is 89.8 Å². The number of amides is 4. The van der Waals surface area contributed by atoms with Gasteiger partial charge in [0.05, 0.1) is 6.54 Å². The van der Waals surface area contributed by atoms with Crippen LogP contribution < -0.4 is 0 Å². The van der Waals surface area contributed by atoms with Gasteiger partial charge < -0.3 is 19.6 Å². The topological polar surface area (TPSA) is 64.2 Å². The van der Waals surface area contributed by atoms with E-state index >= 15 is 0 Å². The highest BCUT2D eigenvalue weighted by molar-refractivity contribution is 5.89. The maximum absolute atomic E-state index is 12.3. The fourth-order valence-electron chi connectivity index (χ4n) is 3.38.